The molecule has 0 aliphatic heterocycles. The van der Waals surface area contributed by atoms with Gasteiger partial charge in [0.1, 0.15) is 5.69 Å². The molecule has 0 spiro atoms. The Bertz CT molecular complexity index is 1480. The lowest BCUT2D eigenvalue weighted by Crippen LogP contribution is -2.49. The zero-order valence-corrected chi connectivity index (χ0v) is 26.3. The highest BCUT2D eigenvalue weighted by molar-refractivity contribution is 6.30. The van der Waals surface area contributed by atoms with E-state index in [0.29, 0.717) is 40.3 Å². The van der Waals surface area contributed by atoms with Crippen LogP contribution in [0.2, 0.25) is 5.02 Å². The van der Waals surface area contributed by atoms with Gasteiger partial charge in [-0.2, -0.15) is 13.2 Å². The fourth-order valence-corrected chi connectivity index (χ4v) is 5.21. The molecule has 1 aliphatic carbocycles. The van der Waals surface area contributed by atoms with E-state index in [1.165, 1.54) is 37.0 Å². The number of ether oxygens (including phenoxy) is 1. The summed E-state index contributed by atoms with van der Waals surface area (Å²) in [4.78, 5) is 40.7. The molecule has 1 fully saturated rings. The predicted molar refractivity (Wildman–Crippen MR) is 162 cm³/mol. The van der Waals surface area contributed by atoms with E-state index in [1.807, 2.05) is 32.9 Å². The van der Waals surface area contributed by atoms with Crippen molar-refractivity contribution in [3.05, 3.63) is 64.6 Å². The van der Waals surface area contributed by atoms with Gasteiger partial charge in [0, 0.05) is 23.3 Å². The van der Waals surface area contributed by atoms with E-state index in [1.54, 1.807) is 41.8 Å². The highest BCUT2D eigenvalue weighted by Crippen LogP contribution is 2.28. The topological polar surface area (TPSA) is 133 Å². The number of nitrogens with zero attached hydrogens (tertiary/aromatic N) is 3. The van der Waals surface area contributed by atoms with Gasteiger partial charge in [0.2, 0.25) is 0 Å². The molecule has 45 heavy (non-hydrogen) atoms. The van der Waals surface area contributed by atoms with Gasteiger partial charge in [0.05, 0.1) is 18.3 Å². The van der Waals surface area contributed by atoms with Crippen molar-refractivity contribution < 1.29 is 42.5 Å². The summed E-state index contributed by atoms with van der Waals surface area (Å²) in [7, 11) is 0. The minimum absolute atomic E-state index is 0.0672. The van der Waals surface area contributed by atoms with E-state index in [4.69, 9.17) is 26.2 Å². The molecule has 1 aromatic carbocycles. The van der Waals surface area contributed by atoms with Gasteiger partial charge in [-0.3, -0.25) is 9.20 Å². The van der Waals surface area contributed by atoms with E-state index in [2.05, 4.69) is 10.3 Å². The van der Waals surface area contributed by atoms with Crippen LogP contribution in [0.25, 0.3) is 5.65 Å². The zero-order valence-electron chi connectivity index (χ0n) is 25.5. The molecule has 246 valence electrons. The molecule has 1 unspecified atom stereocenters. The van der Waals surface area contributed by atoms with Gasteiger partial charge in [-0.05, 0) is 76.3 Å². The first-order valence-corrected chi connectivity index (χ1v) is 14.8. The number of carboxylic acids is 1. The van der Waals surface area contributed by atoms with E-state index in [0.717, 1.165) is 5.56 Å². The number of aryl methyl sites for hydroxylation is 1. The van der Waals surface area contributed by atoms with Crippen molar-refractivity contribution >= 4 is 35.2 Å². The summed E-state index contributed by atoms with van der Waals surface area (Å²) in [6.45, 7) is 7.98. The van der Waals surface area contributed by atoms with E-state index >= 15 is 0 Å². The number of carbonyl (C=O) groups excluding carboxylic acids is 1. The molecule has 0 bridgehead atoms. The number of hydrogen-bond donors (Lipinski definition) is 3. The number of nitrogens with one attached hydrogen (secondary N) is 1. The number of rotatable bonds is 8. The van der Waals surface area contributed by atoms with Gasteiger partial charge in [0.15, 0.2) is 11.4 Å². The Kier molecular flexibility index (Phi) is 11.7. The third-order valence-electron chi connectivity index (χ3n) is 7.43. The lowest BCUT2D eigenvalue weighted by atomic mass is 9.90. The number of pyridine rings is 1. The number of carboxylic acid groups (broad SMARTS) is 2. The largest absolute Gasteiger partial charge is 0.490 e. The average molecular weight is 655 g/mol. The van der Waals surface area contributed by atoms with Crippen LogP contribution in [-0.2, 0) is 4.79 Å². The molecule has 1 saturated carbocycles. The molecule has 14 heteroatoms. The van der Waals surface area contributed by atoms with Gasteiger partial charge in [-0.25, -0.2) is 14.6 Å². The third-order valence-corrected chi connectivity index (χ3v) is 7.68. The Hall–Kier alpha value is -4.00. The van der Waals surface area contributed by atoms with Crippen LogP contribution in [0, 0.1) is 12.8 Å². The monoisotopic (exact) mass is 654 g/mol. The van der Waals surface area contributed by atoms with Crippen molar-refractivity contribution in [3.63, 3.8) is 0 Å². The first kappa shape index (κ1) is 35.5. The van der Waals surface area contributed by atoms with Gasteiger partial charge < -0.3 is 25.2 Å². The molecule has 4 rings (SSSR count). The minimum atomic E-state index is -5.08. The Labute approximate surface area is 264 Å². The van der Waals surface area contributed by atoms with Gasteiger partial charge in [-0.1, -0.05) is 43.0 Å². The van der Waals surface area contributed by atoms with Crippen molar-refractivity contribution in [3.8, 4) is 5.75 Å². The smallest absolute Gasteiger partial charge is 0.489 e. The summed E-state index contributed by atoms with van der Waals surface area (Å²) in [6, 6.07) is 10.2. The number of carbonyl (C=O) groups is 3. The molecule has 3 N–H and O–H groups in total. The molecule has 2 aromatic heterocycles. The molecular formula is C31H38ClF3N4O6. The number of alkyl halides is 3. The van der Waals surface area contributed by atoms with Crippen LogP contribution in [-0.4, -0.2) is 67.3 Å². The van der Waals surface area contributed by atoms with E-state index in [-0.39, 0.29) is 12.5 Å². The average Bonchev–Trinajstić information content (AvgIpc) is 3.30. The summed E-state index contributed by atoms with van der Waals surface area (Å²) < 4.78 is 39.7. The Morgan fingerprint density at radius 1 is 1.09 bits per heavy atom. The Morgan fingerprint density at radius 2 is 1.69 bits per heavy atom. The third kappa shape index (κ3) is 9.74. The molecule has 10 nitrogen and oxygen atoms in total. The van der Waals surface area contributed by atoms with Crippen molar-refractivity contribution in [2.45, 2.75) is 77.6 Å². The number of aliphatic carboxylic acids is 1. The fraction of sp³-hybridized carbons (Fsp3) is 0.484. The standard InChI is InChI=1S/C29H37ClN4O4.C2HF3O2/c1-19-25(33-16-8-11-24(26(33)31-19)38-18-20-9-6-5-7-10-20)27(35)32-23(21-12-14-22(30)15-13-21)17-34(28(36)37)29(2,3)4;3-2(4,5)1(6)7/h8,11-16,20,23H,5-7,9-10,17-18H2,1-4H3,(H,32,35)(H,36,37);(H,6,7). The number of halogens is 4. The van der Waals surface area contributed by atoms with Crippen LogP contribution in [0.5, 0.6) is 5.75 Å². The van der Waals surface area contributed by atoms with Gasteiger partial charge in [0.25, 0.3) is 5.91 Å². The number of fused-ring (bicyclic) bond motifs is 1. The molecule has 1 atom stereocenters. The number of benzene rings is 1. The van der Waals surface area contributed by atoms with Crippen LogP contribution >= 0.6 is 11.6 Å². The summed E-state index contributed by atoms with van der Waals surface area (Å²) in [5.41, 5.74) is 1.64. The minimum Gasteiger partial charge on any atom is -0.489 e. The van der Waals surface area contributed by atoms with E-state index in [9.17, 15) is 27.9 Å². The van der Waals surface area contributed by atoms with Crippen LogP contribution in [0.15, 0.2) is 42.6 Å². The molecule has 2 amide bonds. The number of amides is 2. The number of imidazole rings is 1. The SMILES string of the molecule is Cc1nc2c(OCC3CCCCC3)cccn2c1C(=O)NC(CN(C(=O)O)C(C)(C)C)c1ccc(Cl)cc1.O=C(O)C(F)(F)F. The van der Waals surface area contributed by atoms with Crippen LogP contribution < -0.4 is 10.1 Å². The second kappa shape index (κ2) is 14.9. The summed E-state index contributed by atoms with van der Waals surface area (Å²) in [6.07, 6.45) is 1.80. The molecule has 1 aliphatic rings. The van der Waals surface area contributed by atoms with Gasteiger partial charge in [-0.15, -0.1) is 0 Å². The summed E-state index contributed by atoms with van der Waals surface area (Å²) in [5, 5.41) is 20.6. The quantitative estimate of drug-likeness (QED) is 0.235. The maximum atomic E-state index is 13.7. The maximum absolute atomic E-state index is 13.7. The van der Waals surface area contributed by atoms with Crippen molar-refractivity contribution in [1.82, 2.24) is 19.6 Å². The highest BCUT2D eigenvalue weighted by Gasteiger charge is 2.38. The van der Waals surface area contributed by atoms with Crippen molar-refractivity contribution in [1.29, 1.82) is 0 Å². The number of aromatic nitrogens is 2. The number of hydrogen-bond acceptors (Lipinski definition) is 5. The molecule has 2 heterocycles. The van der Waals surface area contributed by atoms with Crippen molar-refractivity contribution in [2.75, 3.05) is 13.2 Å². The van der Waals surface area contributed by atoms with E-state index < -0.39 is 29.8 Å². The highest BCUT2D eigenvalue weighted by atomic mass is 35.5. The second-order valence-corrected chi connectivity index (χ2v) is 12.3. The zero-order chi connectivity index (χ0) is 33.5. The summed E-state index contributed by atoms with van der Waals surface area (Å²) in [5.74, 6) is -1.91. The first-order valence-electron chi connectivity index (χ1n) is 14.5. The van der Waals surface area contributed by atoms with Crippen LogP contribution in [0.1, 0.15) is 80.7 Å². The lowest BCUT2D eigenvalue weighted by Gasteiger charge is -2.36. The molecule has 3 aromatic rings. The maximum Gasteiger partial charge on any atom is 0.490 e. The molecule has 0 saturated heterocycles. The normalized spacial score (nSPS) is 14.7. The summed E-state index contributed by atoms with van der Waals surface area (Å²) >= 11 is 6.09. The lowest BCUT2D eigenvalue weighted by molar-refractivity contribution is -0.192. The first-order chi connectivity index (χ1) is 21.0. The fourth-order valence-electron chi connectivity index (χ4n) is 5.08. The Balaban J connectivity index is 0.000000707. The van der Waals surface area contributed by atoms with Crippen molar-refractivity contribution in [2.24, 2.45) is 5.92 Å². The van der Waals surface area contributed by atoms with Crippen LogP contribution in [0.4, 0.5) is 18.0 Å². The molecule has 0 radical (unpaired) electrons. The van der Waals surface area contributed by atoms with Crippen LogP contribution in [0.3, 0.4) is 0 Å². The predicted octanol–water partition coefficient (Wildman–Crippen LogP) is 7.14. The van der Waals surface area contributed by atoms with Gasteiger partial charge >= 0.3 is 18.2 Å². The molecular weight excluding hydrogens is 617 g/mol. The Morgan fingerprint density at radius 3 is 2.22 bits per heavy atom. The second-order valence-electron chi connectivity index (χ2n) is 11.9.